The van der Waals surface area contributed by atoms with E-state index in [1.165, 1.54) is 0 Å². The molecule has 0 spiro atoms. The molecule has 8 heavy (non-hydrogen) atoms. The molecule has 2 nitrogen and oxygen atoms in total. The SMILES string of the molecule is C=C[C@H]1COC[C@H]1N. The summed E-state index contributed by atoms with van der Waals surface area (Å²) in [5, 5.41) is 0. The van der Waals surface area contributed by atoms with Gasteiger partial charge in [-0.2, -0.15) is 0 Å². The molecule has 1 saturated heterocycles. The molecule has 1 aliphatic rings. The molecule has 2 atom stereocenters. The van der Waals surface area contributed by atoms with Crippen LogP contribution in [-0.2, 0) is 4.74 Å². The second kappa shape index (κ2) is 2.29. The van der Waals surface area contributed by atoms with Crippen molar-refractivity contribution in [2.45, 2.75) is 6.04 Å². The maximum atomic E-state index is 5.59. The Morgan fingerprint density at radius 1 is 1.62 bits per heavy atom. The zero-order valence-corrected chi connectivity index (χ0v) is 4.84. The highest BCUT2D eigenvalue weighted by Gasteiger charge is 2.20. The van der Waals surface area contributed by atoms with E-state index in [1.807, 2.05) is 6.08 Å². The molecule has 0 bridgehead atoms. The summed E-state index contributed by atoms with van der Waals surface area (Å²) in [6, 6.07) is 0.187. The molecule has 0 aromatic rings. The lowest BCUT2D eigenvalue weighted by Gasteiger charge is -2.04. The molecule has 0 radical (unpaired) electrons. The van der Waals surface area contributed by atoms with E-state index in [4.69, 9.17) is 10.5 Å². The zero-order chi connectivity index (χ0) is 5.98. The topological polar surface area (TPSA) is 35.2 Å². The van der Waals surface area contributed by atoms with Gasteiger partial charge in [0.15, 0.2) is 0 Å². The Morgan fingerprint density at radius 2 is 2.38 bits per heavy atom. The van der Waals surface area contributed by atoms with E-state index in [0.29, 0.717) is 12.5 Å². The van der Waals surface area contributed by atoms with E-state index < -0.39 is 0 Å². The Labute approximate surface area is 49.3 Å². The van der Waals surface area contributed by atoms with Crippen LogP contribution in [0.2, 0.25) is 0 Å². The van der Waals surface area contributed by atoms with Gasteiger partial charge in [0.1, 0.15) is 0 Å². The van der Waals surface area contributed by atoms with E-state index in [2.05, 4.69) is 6.58 Å². The monoisotopic (exact) mass is 113 g/mol. The van der Waals surface area contributed by atoms with Gasteiger partial charge in [0.25, 0.3) is 0 Å². The van der Waals surface area contributed by atoms with Gasteiger partial charge in [-0.15, -0.1) is 6.58 Å². The Morgan fingerprint density at radius 3 is 2.62 bits per heavy atom. The van der Waals surface area contributed by atoms with Gasteiger partial charge in [-0.3, -0.25) is 0 Å². The lowest BCUT2D eigenvalue weighted by atomic mass is 10.1. The lowest BCUT2D eigenvalue weighted by molar-refractivity contribution is 0.189. The number of hydrogen-bond acceptors (Lipinski definition) is 2. The van der Waals surface area contributed by atoms with Crippen LogP contribution in [-0.4, -0.2) is 19.3 Å². The molecule has 2 N–H and O–H groups in total. The van der Waals surface area contributed by atoms with Crippen molar-refractivity contribution >= 4 is 0 Å². The molecule has 1 fully saturated rings. The lowest BCUT2D eigenvalue weighted by Crippen LogP contribution is -2.26. The van der Waals surface area contributed by atoms with Crippen LogP contribution >= 0.6 is 0 Å². The normalized spacial score (nSPS) is 37.6. The van der Waals surface area contributed by atoms with E-state index in [9.17, 15) is 0 Å². The summed E-state index contributed by atoms with van der Waals surface area (Å²) in [6.07, 6.45) is 1.86. The summed E-state index contributed by atoms with van der Waals surface area (Å²) in [6.45, 7) is 5.08. The van der Waals surface area contributed by atoms with Crippen LogP contribution in [0.5, 0.6) is 0 Å². The molecule has 0 aromatic carbocycles. The smallest absolute Gasteiger partial charge is 0.0624 e. The predicted molar refractivity (Wildman–Crippen MR) is 32.5 cm³/mol. The van der Waals surface area contributed by atoms with Gasteiger partial charge in [-0.1, -0.05) is 6.08 Å². The molecular formula is C6H11NO. The minimum Gasteiger partial charge on any atom is -0.379 e. The van der Waals surface area contributed by atoms with Gasteiger partial charge in [-0.25, -0.2) is 0 Å². The van der Waals surface area contributed by atoms with Crippen LogP contribution in [0.25, 0.3) is 0 Å². The Kier molecular flexibility index (Phi) is 1.65. The van der Waals surface area contributed by atoms with Gasteiger partial charge >= 0.3 is 0 Å². The molecule has 0 amide bonds. The molecule has 1 heterocycles. The first kappa shape index (κ1) is 5.79. The summed E-state index contributed by atoms with van der Waals surface area (Å²) in [4.78, 5) is 0. The fraction of sp³-hybridized carbons (Fsp3) is 0.667. The summed E-state index contributed by atoms with van der Waals surface area (Å²) in [5.41, 5.74) is 5.59. The van der Waals surface area contributed by atoms with Crippen LogP contribution in [0.4, 0.5) is 0 Å². The van der Waals surface area contributed by atoms with Crippen molar-refractivity contribution in [3.05, 3.63) is 12.7 Å². The highest BCUT2D eigenvalue weighted by Crippen LogP contribution is 2.10. The fourth-order valence-electron chi connectivity index (χ4n) is 0.830. The minimum atomic E-state index is 0.187. The van der Waals surface area contributed by atoms with Gasteiger partial charge in [-0.05, 0) is 0 Å². The first-order valence-electron chi connectivity index (χ1n) is 2.80. The molecule has 1 aliphatic heterocycles. The first-order valence-corrected chi connectivity index (χ1v) is 2.80. The van der Waals surface area contributed by atoms with Crippen molar-refractivity contribution in [1.82, 2.24) is 0 Å². The van der Waals surface area contributed by atoms with Gasteiger partial charge in [0.2, 0.25) is 0 Å². The Balaban J connectivity index is 2.41. The van der Waals surface area contributed by atoms with Crippen molar-refractivity contribution in [1.29, 1.82) is 0 Å². The standard InChI is InChI=1S/C6H11NO/c1-2-5-3-8-4-6(5)7/h2,5-6H,1,3-4,7H2/t5-,6+/m0/s1. The van der Waals surface area contributed by atoms with E-state index in [-0.39, 0.29) is 6.04 Å². The average molecular weight is 113 g/mol. The van der Waals surface area contributed by atoms with Crippen LogP contribution in [0.3, 0.4) is 0 Å². The van der Waals surface area contributed by atoms with Crippen LogP contribution in [0.15, 0.2) is 12.7 Å². The largest absolute Gasteiger partial charge is 0.379 e. The fourth-order valence-corrected chi connectivity index (χ4v) is 0.830. The third-order valence-electron chi connectivity index (χ3n) is 1.47. The highest BCUT2D eigenvalue weighted by molar-refractivity contribution is 4.90. The molecule has 46 valence electrons. The number of ether oxygens (including phenoxy) is 1. The maximum Gasteiger partial charge on any atom is 0.0624 e. The molecule has 0 aliphatic carbocycles. The zero-order valence-electron chi connectivity index (χ0n) is 4.84. The van der Waals surface area contributed by atoms with Crippen molar-refractivity contribution < 1.29 is 4.74 Å². The van der Waals surface area contributed by atoms with Crippen LogP contribution in [0, 0.1) is 5.92 Å². The second-order valence-corrected chi connectivity index (χ2v) is 2.10. The third kappa shape index (κ3) is 0.904. The summed E-state index contributed by atoms with van der Waals surface area (Å²) >= 11 is 0. The maximum absolute atomic E-state index is 5.59. The van der Waals surface area contributed by atoms with Gasteiger partial charge in [0.05, 0.1) is 13.2 Å². The highest BCUT2D eigenvalue weighted by atomic mass is 16.5. The van der Waals surface area contributed by atoms with Gasteiger partial charge < -0.3 is 10.5 Å². The molecule has 0 saturated carbocycles. The second-order valence-electron chi connectivity index (χ2n) is 2.10. The van der Waals surface area contributed by atoms with Gasteiger partial charge in [0, 0.05) is 12.0 Å². The average Bonchev–Trinajstić information content (AvgIpc) is 2.14. The van der Waals surface area contributed by atoms with Crippen LogP contribution in [0.1, 0.15) is 0 Å². The molecular weight excluding hydrogens is 102 g/mol. The number of nitrogens with two attached hydrogens (primary N) is 1. The summed E-state index contributed by atoms with van der Waals surface area (Å²) in [5.74, 6) is 0.384. The third-order valence-corrected chi connectivity index (χ3v) is 1.47. The molecule has 0 aromatic heterocycles. The van der Waals surface area contributed by atoms with E-state index >= 15 is 0 Å². The minimum absolute atomic E-state index is 0.187. The molecule has 1 rings (SSSR count). The first-order chi connectivity index (χ1) is 3.84. The van der Waals surface area contributed by atoms with Crippen LogP contribution < -0.4 is 5.73 Å². The van der Waals surface area contributed by atoms with Crippen molar-refractivity contribution in [3.63, 3.8) is 0 Å². The molecule has 2 heteroatoms. The summed E-state index contributed by atoms with van der Waals surface area (Å²) < 4.78 is 5.06. The van der Waals surface area contributed by atoms with Crippen molar-refractivity contribution in [2.24, 2.45) is 11.7 Å². The van der Waals surface area contributed by atoms with E-state index in [0.717, 1.165) is 6.61 Å². The van der Waals surface area contributed by atoms with E-state index in [1.54, 1.807) is 0 Å². The molecule has 0 unspecified atom stereocenters. The van der Waals surface area contributed by atoms with Crippen molar-refractivity contribution in [2.75, 3.05) is 13.2 Å². The summed E-state index contributed by atoms with van der Waals surface area (Å²) in [7, 11) is 0. The predicted octanol–water partition coefficient (Wildman–Crippen LogP) is 0.146. The number of hydrogen-bond donors (Lipinski definition) is 1. The van der Waals surface area contributed by atoms with Crippen molar-refractivity contribution in [3.8, 4) is 0 Å². The Bertz CT molecular complexity index is 92.5. The Hall–Kier alpha value is -0.340. The quantitative estimate of drug-likeness (QED) is 0.491. The number of rotatable bonds is 1.